The van der Waals surface area contributed by atoms with Crippen LogP contribution >= 0.6 is 0 Å². The lowest BCUT2D eigenvalue weighted by Gasteiger charge is -2.53. The number of rotatable bonds is 2. The zero-order valence-electron chi connectivity index (χ0n) is 16.1. The molecule has 0 aromatic rings. The number of carbonyl (C=O) groups excluding carboxylic acids is 3. The molecule has 0 heterocycles. The molecule has 2 saturated carbocycles. The van der Waals surface area contributed by atoms with E-state index in [9.17, 15) is 14.4 Å². The Kier molecular flexibility index (Phi) is 4.01. The topological polar surface area (TPSA) is 54.5 Å². The predicted octanol–water partition coefficient (Wildman–Crippen LogP) is 3.47. The molecule has 2 fully saturated rings. The number of amides is 1. The van der Waals surface area contributed by atoms with Gasteiger partial charge in [-0.3, -0.25) is 14.4 Å². The molecule has 1 amide bonds. The number of allylic oxidation sites excluding steroid dienone is 4. The lowest BCUT2D eigenvalue weighted by atomic mass is 9.50. The smallest absolute Gasteiger partial charge is 0.223 e. The SMILES string of the molecule is CN(C)C(=O)C[C@]12CCC(=O)C=C1CC[C@@H]1C2=CC[C@]2(C)C(=O)CC[C@@H]12. The van der Waals surface area contributed by atoms with Crippen LogP contribution in [0.15, 0.2) is 23.3 Å². The number of hydrogen-bond donors (Lipinski definition) is 0. The van der Waals surface area contributed by atoms with Gasteiger partial charge < -0.3 is 4.90 Å². The van der Waals surface area contributed by atoms with Gasteiger partial charge in [-0.15, -0.1) is 0 Å². The molecule has 4 aliphatic carbocycles. The fourth-order valence-corrected chi connectivity index (χ4v) is 6.18. The van der Waals surface area contributed by atoms with E-state index in [-0.39, 0.29) is 22.5 Å². The summed E-state index contributed by atoms with van der Waals surface area (Å²) >= 11 is 0. The highest BCUT2D eigenvalue weighted by Crippen LogP contribution is 2.63. The second-order valence-electron chi connectivity index (χ2n) is 9.18. The first kappa shape index (κ1) is 17.7. The van der Waals surface area contributed by atoms with Crippen LogP contribution in [0.2, 0.25) is 0 Å². The molecule has 0 spiro atoms. The molecule has 4 nitrogen and oxygen atoms in total. The molecule has 0 radical (unpaired) electrons. The third-order valence-electron chi connectivity index (χ3n) is 7.75. The number of ketones is 2. The summed E-state index contributed by atoms with van der Waals surface area (Å²) < 4.78 is 0. The average molecular weight is 355 g/mol. The summed E-state index contributed by atoms with van der Waals surface area (Å²) in [5.41, 5.74) is 2.03. The third-order valence-corrected chi connectivity index (χ3v) is 7.75. The Labute approximate surface area is 155 Å². The Morgan fingerprint density at radius 2 is 1.96 bits per heavy atom. The van der Waals surface area contributed by atoms with Crippen LogP contribution in [-0.2, 0) is 14.4 Å². The summed E-state index contributed by atoms with van der Waals surface area (Å²) in [6, 6.07) is 0. The molecule has 4 aliphatic rings. The van der Waals surface area contributed by atoms with Gasteiger partial charge in [0.15, 0.2) is 5.78 Å². The second kappa shape index (κ2) is 5.90. The minimum absolute atomic E-state index is 0.127. The number of nitrogens with zero attached hydrogens (tertiary/aromatic N) is 1. The summed E-state index contributed by atoms with van der Waals surface area (Å²) in [6.07, 6.45) is 10.2. The maximum absolute atomic E-state index is 12.7. The molecular formula is C22H29NO3. The van der Waals surface area contributed by atoms with Gasteiger partial charge in [0.05, 0.1) is 0 Å². The highest BCUT2D eigenvalue weighted by Gasteiger charge is 2.57. The number of carbonyl (C=O) groups is 3. The van der Waals surface area contributed by atoms with Crippen LogP contribution in [0.25, 0.3) is 0 Å². The van der Waals surface area contributed by atoms with Crippen LogP contribution in [0, 0.1) is 22.7 Å². The monoisotopic (exact) mass is 355 g/mol. The zero-order chi connectivity index (χ0) is 18.7. The Bertz CT molecular complexity index is 746. The Hall–Kier alpha value is -1.71. The molecule has 0 aromatic carbocycles. The summed E-state index contributed by atoms with van der Waals surface area (Å²) in [6.45, 7) is 2.15. The first-order valence-corrected chi connectivity index (χ1v) is 9.96. The van der Waals surface area contributed by atoms with Gasteiger partial charge in [0.2, 0.25) is 5.91 Å². The van der Waals surface area contributed by atoms with Crippen molar-refractivity contribution >= 4 is 17.5 Å². The zero-order valence-corrected chi connectivity index (χ0v) is 16.1. The van der Waals surface area contributed by atoms with Gasteiger partial charge in [-0.05, 0) is 50.0 Å². The maximum Gasteiger partial charge on any atom is 0.223 e. The van der Waals surface area contributed by atoms with Crippen molar-refractivity contribution in [1.29, 1.82) is 0 Å². The van der Waals surface area contributed by atoms with E-state index >= 15 is 0 Å². The molecular weight excluding hydrogens is 326 g/mol. The highest BCUT2D eigenvalue weighted by atomic mass is 16.2. The highest BCUT2D eigenvalue weighted by molar-refractivity contribution is 5.93. The second-order valence-corrected chi connectivity index (χ2v) is 9.18. The number of Topliss-reactive ketones (excluding diaryl/α,β-unsaturated/α-hetero) is 1. The van der Waals surface area contributed by atoms with Gasteiger partial charge in [0, 0.05) is 44.2 Å². The van der Waals surface area contributed by atoms with Crippen molar-refractivity contribution in [1.82, 2.24) is 4.90 Å². The minimum atomic E-state index is -0.287. The van der Waals surface area contributed by atoms with E-state index in [0.29, 0.717) is 36.9 Å². The van der Waals surface area contributed by atoms with Crippen molar-refractivity contribution in [2.75, 3.05) is 14.1 Å². The van der Waals surface area contributed by atoms with Crippen LogP contribution in [0.4, 0.5) is 0 Å². The molecule has 140 valence electrons. The van der Waals surface area contributed by atoms with Crippen LogP contribution in [0.3, 0.4) is 0 Å². The van der Waals surface area contributed by atoms with Crippen molar-refractivity contribution in [3.05, 3.63) is 23.3 Å². The molecule has 0 bridgehead atoms. The van der Waals surface area contributed by atoms with E-state index < -0.39 is 0 Å². The van der Waals surface area contributed by atoms with Gasteiger partial charge in [-0.2, -0.15) is 0 Å². The molecule has 0 N–H and O–H groups in total. The normalized spacial score (nSPS) is 38.7. The van der Waals surface area contributed by atoms with E-state index in [1.807, 2.05) is 6.08 Å². The molecule has 0 saturated heterocycles. The van der Waals surface area contributed by atoms with E-state index in [1.165, 1.54) is 11.1 Å². The van der Waals surface area contributed by atoms with Crippen molar-refractivity contribution in [3.8, 4) is 0 Å². The first-order valence-electron chi connectivity index (χ1n) is 9.96. The molecule has 0 aliphatic heterocycles. The van der Waals surface area contributed by atoms with Gasteiger partial charge in [0.1, 0.15) is 5.78 Å². The molecule has 4 rings (SSSR count). The van der Waals surface area contributed by atoms with E-state index in [2.05, 4.69) is 13.0 Å². The molecule has 0 unspecified atom stereocenters. The van der Waals surface area contributed by atoms with Crippen molar-refractivity contribution < 1.29 is 14.4 Å². The van der Waals surface area contributed by atoms with E-state index in [0.717, 1.165) is 32.1 Å². The fraction of sp³-hybridized carbons (Fsp3) is 0.682. The first-order chi connectivity index (χ1) is 12.3. The summed E-state index contributed by atoms with van der Waals surface area (Å²) in [7, 11) is 3.61. The number of fused-ring (bicyclic) bond motifs is 5. The number of hydrogen-bond acceptors (Lipinski definition) is 3. The largest absolute Gasteiger partial charge is 0.349 e. The van der Waals surface area contributed by atoms with Crippen LogP contribution in [0.5, 0.6) is 0 Å². The summed E-state index contributed by atoms with van der Waals surface area (Å²) in [4.78, 5) is 39.0. The molecule has 4 atom stereocenters. The predicted molar refractivity (Wildman–Crippen MR) is 99.3 cm³/mol. The van der Waals surface area contributed by atoms with Gasteiger partial charge in [-0.25, -0.2) is 0 Å². The summed E-state index contributed by atoms with van der Waals surface area (Å²) in [5, 5.41) is 0. The Balaban J connectivity index is 1.79. The van der Waals surface area contributed by atoms with Gasteiger partial charge in [0.25, 0.3) is 0 Å². The molecule has 26 heavy (non-hydrogen) atoms. The standard InChI is InChI=1S/C22H29NO3/c1-21-10-9-18-16(17(21)6-7-19(21)25)5-4-14-12-15(24)8-11-22(14,18)13-20(26)23(2)3/h9,12,16-17H,4-8,10-11,13H2,1-3H3/t16-,17-,21-,22+/m0/s1. The van der Waals surface area contributed by atoms with Crippen LogP contribution < -0.4 is 0 Å². The minimum Gasteiger partial charge on any atom is -0.349 e. The molecule has 4 heteroatoms. The van der Waals surface area contributed by atoms with Crippen molar-refractivity contribution in [2.24, 2.45) is 22.7 Å². The Morgan fingerprint density at radius 3 is 2.69 bits per heavy atom. The van der Waals surface area contributed by atoms with E-state index in [1.54, 1.807) is 19.0 Å². The van der Waals surface area contributed by atoms with Crippen molar-refractivity contribution in [3.63, 3.8) is 0 Å². The lowest BCUT2D eigenvalue weighted by molar-refractivity contribution is -0.132. The van der Waals surface area contributed by atoms with Crippen LogP contribution in [0.1, 0.15) is 58.3 Å². The Morgan fingerprint density at radius 1 is 1.19 bits per heavy atom. The van der Waals surface area contributed by atoms with E-state index in [4.69, 9.17) is 0 Å². The van der Waals surface area contributed by atoms with Gasteiger partial charge in [-0.1, -0.05) is 24.1 Å². The van der Waals surface area contributed by atoms with Gasteiger partial charge >= 0.3 is 0 Å². The van der Waals surface area contributed by atoms with Crippen molar-refractivity contribution in [2.45, 2.75) is 58.3 Å². The fourth-order valence-electron chi connectivity index (χ4n) is 6.18. The maximum atomic E-state index is 12.7. The lowest BCUT2D eigenvalue weighted by Crippen LogP contribution is -2.47. The third kappa shape index (κ3) is 2.37. The molecule has 0 aromatic heterocycles. The average Bonchev–Trinajstić information content (AvgIpc) is 2.90. The summed E-state index contributed by atoms with van der Waals surface area (Å²) in [5.74, 6) is 1.53. The van der Waals surface area contributed by atoms with Crippen LogP contribution in [-0.4, -0.2) is 36.5 Å². The quantitative estimate of drug-likeness (QED) is 0.713.